The molecule has 8 heteroatoms. The first-order chi connectivity index (χ1) is 10.3. The van der Waals surface area contributed by atoms with E-state index >= 15 is 0 Å². The molecule has 7 nitrogen and oxygen atoms in total. The van der Waals surface area contributed by atoms with Crippen molar-refractivity contribution in [3.05, 3.63) is 0 Å². The second-order valence-electron chi connectivity index (χ2n) is 5.52. The second-order valence-corrected chi connectivity index (χ2v) is 7.75. The highest BCUT2D eigenvalue weighted by atomic mass is 32.2. The van der Waals surface area contributed by atoms with E-state index in [4.69, 9.17) is 4.74 Å². The molecule has 2 amide bonds. The summed E-state index contributed by atoms with van der Waals surface area (Å²) < 4.78 is 28.1. The quantitative estimate of drug-likeness (QED) is 0.579. The van der Waals surface area contributed by atoms with Crippen LogP contribution < -0.4 is 0 Å². The largest absolute Gasteiger partial charge is 0.385 e. The molecule has 128 valence electrons. The Morgan fingerprint density at radius 2 is 2.00 bits per heavy atom. The standard InChI is InChI=1S/C14H26N2O5S/c1-4-16(13-6-9-22(19,20)11-13)14(18)10-15(12(2)17)7-5-8-21-3/h13H,4-11H2,1-3H3. The Labute approximate surface area is 132 Å². The van der Waals surface area contributed by atoms with Crippen molar-refractivity contribution in [1.29, 1.82) is 0 Å². The van der Waals surface area contributed by atoms with Gasteiger partial charge in [0.1, 0.15) is 0 Å². The Kier molecular flexibility index (Phi) is 7.28. The van der Waals surface area contributed by atoms with E-state index in [9.17, 15) is 18.0 Å². The van der Waals surface area contributed by atoms with Crippen molar-refractivity contribution in [2.24, 2.45) is 0 Å². The van der Waals surface area contributed by atoms with E-state index in [-0.39, 0.29) is 35.9 Å². The molecule has 0 saturated carbocycles. The van der Waals surface area contributed by atoms with Crippen molar-refractivity contribution in [2.75, 3.05) is 44.9 Å². The van der Waals surface area contributed by atoms with Crippen LogP contribution in [-0.2, 0) is 24.2 Å². The Hall–Kier alpha value is -1.15. The molecule has 0 spiro atoms. The summed E-state index contributed by atoms with van der Waals surface area (Å²) in [5.41, 5.74) is 0. The van der Waals surface area contributed by atoms with Gasteiger partial charge in [-0.15, -0.1) is 0 Å². The molecule has 1 aliphatic rings. The molecule has 0 N–H and O–H groups in total. The van der Waals surface area contributed by atoms with Crippen LogP contribution >= 0.6 is 0 Å². The van der Waals surface area contributed by atoms with Gasteiger partial charge in [-0.25, -0.2) is 8.42 Å². The van der Waals surface area contributed by atoms with Gasteiger partial charge in [-0.1, -0.05) is 0 Å². The van der Waals surface area contributed by atoms with Crippen molar-refractivity contribution in [3.8, 4) is 0 Å². The number of hydrogen-bond donors (Lipinski definition) is 0. The van der Waals surface area contributed by atoms with Gasteiger partial charge < -0.3 is 14.5 Å². The summed E-state index contributed by atoms with van der Waals surface area (Å²) in [6.45, 7) is 4.67. The molecule has 1 aliphatic heterocycles. The highest BCUT2D eigenvalue weighted by Crippen LogP contribution is 2.18. The maximum atomic E-state index is 12.4. The molecule has 1 rings (SSSR count). The average molecular weight is 334 g/mol. The SMILES string of the molecule is CCN(C(=O)CN(CCCOC)C(C)=O)C1CCS(=O)(=O)C1. The average Bonchev–Trinajstić information content (AvgIpc) is 2.78. The van der Waals surface area contributed by atoms with Crippen LogP contribution in [-0.4, -0.2) is 80.9 Å². The van der Waals surface area contributed by atoms with Gasteiger partial charge in [-0.3, -0.25) is 9.59 Å². The lowest BCUT2D eigenvalue weighted by Crippen LogP contribution is -2.47. The van der Waals surface area contributed by atoms with Gasteiger partial charge in [0.25, 0.3) is 0 Å². The number of likely N-dealkylation sites (N-methyl/N-ethyl adjacent to an activating group) is 1. The monoisotopic (exact) mass is 334 g/mol. The number of ether oxygens (including phenoxy) is 1. The smallest absolute Gasteiger partial charge is 0.242 e. The zero-order valence-electron chi connectivity index (χ0n) is 13.6. The third-order valence-electron chi connectivity index (χ3n) is 3.86. The lowest BCUT2D eigenvalue weighted by molar-refractivity contribution is -0.140. The van der Waals surface area contributed by atoms with E-state index in [0.717, 1.165) is 0 Å². The molecule has 0 aliphatic carbocycles. The molecule has 0 aromatic rings. The zero-order chi connectivity index (χ0) is 16.8. The molecule has 1 atom stereocenters. The van der Waals surface area contributed by atoms with Crippen LogP contribution in [0.15, 0.2) is 0 Å². The van der Waals surface area contributed by atoms with Crippen molar-refractivity contribution >= 4 is 21.7 Å². The summed E-state index contributed by atoms with van der Waals surface area (Å²) in [5.74, 6) is -0.209. The fourth-order valence-electron chi connectivity index (χ4n) is 2.66. The Bertz CT molecular complexity index is 491. The van der Waals surface area contributed by atoms with Crippen molar-refractivity contribution in [1.82, 2.24) is 9.80 Å². The fraction of sp³-hybridized carbons (Fsp3) is 0.857. The van der Waals surface area contributed by atoms with Crippen LogP contribution in [0, 0.1) is 0 Å². The van der Waals surface area contributed by atoms with E-state index < -0.39 is 9.84 Å². The summed E-state index contributed by atoms with van der Waals surface area (Å²) in [7, 11) is -1.45. The summed E-state index contributed by atoms with van der Waals surface area (Å²) in [6, 6.07) is -0.268. The molecule has 1 unspecified atom stereocenters. The Morgan fingerprint density at radius 1 is 1.32 bits per heavy atom. The summed E-state index contributed by atoms with van der Waals surface area (Å²) >= 11 is 0. The van der Waals surface area contributed by atoms with Crippen LogP contribution in [0.2, 0.25) is 0 Å². The lowest BCUT2D eigenvalue weighted by Gasteiger charge is -2.30. The van der Waals surface area contributed by atoms with E-state index in [0.29, 0.717) is 32.5 Å². The third-order valence-corrected chi connectivity index (χ3v) is 5.61. The minimum Gasteiger partial charge on any atom is -0.385 e. The molecule has 0 radical (unpaired) electrons. The number of carbonyl (C=O) groups is 2. The van der Waals surface area contributed by atoms with Gasteiger partial charge in [0.2, 0.25) is 11.8 Å². The number of hydrogen-bond acceptors (Lipinski definition) is 5. The van der Waals surface area contributed by atoms with Crippen molar-refractivity contribution in [2.45, 2.75) is 32.7 Å². The van der Waals surface area contributed by atoms with Gasteiger partial charge >= 0.3 is 0 Å². The first-order valence-electron chi connectivity index (χ1n) is 7.55. The second kappa shape index (κ2) is 8.47. The van der Waals surface area contributed by atoms with Crippen LogP contribution in [0.25, 0.3) is 0 Å². The lowest BCUT2D eigenvalue weighted by atomic mass is 10.2. The maximum absolute atomic E-state index is 12.4. The first kappa shape index (κ1) is 18.9. The first-order valence-corrected chi connectivity index (χ1v) is 9.37. The maximum Gasteiger partial charge on any atom is 0.242 e. The minimum absolute atomic E-state index is 0.0105. The van der Waals surface area contributed by atoms with Gasteiger partial charge in [0.15, 0.2) is 9.84 Å². The number of carbonyl (C=O) groups excluding carboxylic acids is 2. The molecule has 1 heterocycles. The highest BCUT2D eigenvalue weighted by molar-refractivity contribution is 7.91. The van der Waals surface area contributed by atoms with E-state index in [2.05, 4.69) is 0 Å². The summed E-state index contributed by atoms with van der Waals surface area (Å²) in [6.07, 6.45) is 1.14. The molecule has 1 saturated heterocycles. The number of nitrogens with zero attached hydrogens (tertiary/aromatic N) is 2. The number of rotatable bonds is 8. The molecule has 0 aromatic heterocycles. The third kappa shape index (κ3) is 5.57. The number of sulfone groups is 1. The Balaban J connectivity index is 2.64. The molecule has 1 fully saturated rings. The summed E-state index contributed by atoms with van der Waals surface area (Å²) in [4.78, 5) is 27.1. The van der Waals surface area contributed by atoms with Gasteiger partial charge in [-0.05, 0) is 19.8 Å². The summed E-state index contributed by atoms with van der Waals surface area (Å²) in [5, 5.41) is 0. The van der Waals surface area contributed by atoms with Crippen LogP contribution in [0.5, 0.6) is 0 Å². The topological polar surface area (TPSA) is 84.0 Å². The van der Waals surface area contributed by atoms with Crippen molar-refractivity contribution < 1.29 is 22.7 Å². The van der Waals surface area contributed by atoms with Crippen LogP contribution in [0.3, 0.4) is 0 Å². The van der Waals surface area contributed by atoms with Gasteiger partial charge in [0, 0.05) is 39.8 Å². The molecule has 22 heavy (non-hydrogen) atoms. The van der Waals surface area contributed by atoms with Crippen LogP contribution in [0.1, 0.15) is 26.7 Å². The van der Waals surface area contributed by atoms with Crippen molar-refractivity contribution in [3.63, 3.8) is 0 Å². The van der Waals surface area contributed by atoms with E-state index in [1.165, 1.54) is 11.8 Å². The van der Waals surface area contributed by atoms with E-state index in [1.807, 2.05) is 6.92 Å². The number of methoxy groups -OCH3 is 1. The fourth-order valence-corrected chi connectivity index (χ4v) is 4.39. The predicted octanol–water partition coefficient (Wildman–Crippen LogP) is -0.0930. The predicted molar refractivity (Wildman–Crippen MR) is 83.2 cm³/mol. The minimum atomic E-state index is -3.04. The molecule has 0 bridgehead atoms. The van der Waals surface area contributed by atoms with Crippen LogP contribution in [0.4, 0.5) is 0 Å². The number of amides is 2. The highest BCUT2D eigenvalue weighted by Gasteiger charge is 2.34. The van der Waals surface area contributed by atoms with E-state index in [1.54, 1.807) is 12.0 Å². The Morgan fingerprint density at radius 3 is 2.45 bits per heavy atom. The molecular weight excluding hydrogens is 308 g/mol. The zero-order valence-corrected chi connectivity index (χ0v) is 14.4. The van der Waals surface area contributed by atoms with Gasteiger partial charge in [0.05, 0.1) is 18.1 Å². The normalized spacial score (nSPS) is 19.9. The molecular formula is C14H26N2O5S. The molecule has 0 aromatic carbocycles. The van der Waals surface area contributed by atoms with Gasteiger partial charge in [-0.2, -0.15) is 0 Å².